The average Bonchev–Trinajstić information content (AvgIpc) is 2.38. The van der Waals surface area contributed by atoms with E-state index in [0.29, 0.717) is 24.7 Å². The van der Waals surface area contributed by atoms with Gasteiger partial charge in [-0.1, -0.05) is 0 Å². The van der Waals surface area contributed by atoms with E-state index in [4.69, 9.17) is 0 Å². The van der Waals surface area contributed by atoms with Gasteiger partial charge in [0.1, 0.15) is 0 Å². The molecule has 0 aromatic heterocycles. The minimum absolute atomic E-state index is 0.277. The smallest absolute Gasteiger partial charge is 0.289 e. The molecule has 0 radical (unpaired) electrons. The van der Waals surface area contributed by atoms with Gasteiger partial charge in [-0.2, -0.15) is 4.94 Å². The van der Waals surface area contributed by atoms with Crippen molar-refractivity contribution >= 4 is 0 Å². The Hall–Kier alpha value is -0.360. The summed E-state index contributed by atoms with van der Waals surface area (Å²) in [5.41, 5.74) is 0. The van der Waals surface area contributed by atoms with E-state index in [2.05, 4.69) is 9.68 Å². The van der Waals surface area contributed by atoms with E-state index in [1.54, 1.807) is 0 Å². The van der Waals surface area contributed by atoms with Gasteiger partial charge in [0.2, 0.25) is 0 Å². The molecule has 0 spiro atoms. The second kappa shape index (κ2) is 6.39. The van der Waals surface area contributed by atoms with Crippen LogP contribution in [0, 0.1) is 11.8 Å². The fourth-order valence-electron chi connectivity index (χ4n) is 3.52. The number of alkyl halides is 3. The van der Waals surface area contributed by atoms with E-state index in [9.17, 15) is 17.7 Å². The van der Waals surface area contributed by atoms with Gasteiger partial charge in [-0.3, -0.25) is 4.74 Å². The van der Waals surface area contributed by atoms with Gasteiger partial charge in [0.15, 0.2) is 0 Å². The zero-order chi connectivity index (χ0) is 13.9. The first-order valence-corrected chi connectivity index (χ1v) is 7.00. The van der Waals surface area contributed by atoms with Gasteiger partial charge in [-0.05, 0) is 67.7 Å². The van der Waals surface area contributed by atoms with E-state index in [1.165, 1.54) is 0 Å². The van der Waals surface area contributed by atoms with Crippen LogP contribution in [0.25, 0.3) is 0 Å². The Balaban J connectivity index is 1.72. The molecule has 0 bridgehead atoms. The maximum atomic E-state index is 12.1. The van der Waals surface area contributed by atoms with Crippen molar-refractivity contribution in [1.82, 2.24) is 0 Å². The Kier molecular flexibility index (Phi) is 5.06. The molecule has 0 heterocycles. The molecule has 0 aromatic rings. The van der Waals surface area contributed by atoms with Gasteiger partial charge >= 0.3 is 6.36 Å². The van der Waals surface area contributed by atoms with Crippen molar-refractivity contribution in [3.63, 3.8) is 0 Å². The van der Waals surface area contributed by atoms with Crippen LogP contribution in [0.1, 0.15) is 51.4 Å². The van der Waals surface area contributed by atoms with Gasteiger partial charge in [0.05, 0.1) is 12.2 Å². The zero-order valence-corrected chi connectivity index (χ0v) is 10.8. The van der Waals surface area contributed by atoms with Gasteiger partial charge in [0, 0.05) is 0 Å². The first-order valence-electron chi connectivity index (χ1n) is 7.00. The minimum Gasteiger partial charge on any atom is -0.289 e. The van der Waals surface area contributed by atoms with Crippen molar-refractivity contribution < 1.29 is 27.4 Å². The standard InChI is InChI=1S/C13H20F4O2/c14-13(15,16)18-11-5-1-9(2-6-11)10-3-7-12(19-17)8-4-10/h9-12H,1-8H2. The Labute approximate surface area is 110 Å². The number of hydrogen-bond donors (Lipinski definition) is 0. The van der Waals surface area contributed by atoms with E-state index < -0.39 is 12.5 Å². The summed E-state index contributed by atoms with van der Waals surface area (Å²) >= 11 is 0. The maximum absolute atomic E-state index is 12.1. The van der Waals surface area contributed by atoms with Crippen LogP contribution in [-0.4, -0.2) is 18.6 Å². The summed E-state index contributed by atoms with van der Waals surface area (Å²) in [6.45, 7) is 0. The molecule has 2 nitrogen and oxygen atoms in total. The van der Waals surface area contributed by atoms with Crippen molar-refractivity contribution in [1.29, 1.82) is 0 Å². The van der Waals surface area contributed by atoms with Crippen LogP contribution >= 0.6 is 0 Å². The molecule has 0 saturated heterocycles. The molecular weight excluding hydrogens is 264 g/mol. The predicted molar refractivity (Wildman–Crippen MR) is 60.8 cm³/mol. The minimum atomic E-state index is -4.52. The first-order chi connectivity index (χ1) is 8.98. The lowest BCUT2D eigenvalue weighted by Crippen LogP contribution is -2.32. The monoisotopic (exact) mass is 284 g/mol. The molecule has 0 amide bonds. The number of rotatable bonds is 3. The first kappa shape index (κ1) is 15.0. The second-order valence-corrected chi connectivity index (χ2v) is 5.73. The Morgan fingerprint density at radius 3 is 1.47 bits per heavy atom. The zero-order valence-electron chi connectivity index (χ0n) is 10.8. The highest BCUT2D eigenvalue weighted by Crippen LogP contribution is 2.40. The van der Waals surface area contributed by atoms with E-state index in [1.807, 2.05) is 0 Å². The third-order valence-electron chi connectivity index (χ3n) is 4.53. The molecule has 2 aliphatic rings. The fourth-order valence-corrected chi connectivity index (χ4v) is 3.52. The van der Waals surface area contributed by atoms with Gasteiger partial charge in [-0.15, -0.1) is 13.2 Å². The molecule has 0 unspecified atom stereocenters. The summed E-state index contributed by atoms with van der Waals surface area (Å²) in [6.07, 6.45) is 0.331. The molecule has 2 fully saturated rings. The molecule has 6 heteroatoms. The van der Waals surface area contributed by atoms with E-state index >= 15 is 0 Å². The van der Waals surface area contributed by atoms with Gasteiger partial charge in [0.25, 0.3) is 0 Å². The number of ether oxygens (including phenoxy) is 1. The number of halogens is 4. The largest absolute Gasteiger partial charge is 0.522 e. The molecule has 19 heavy (non-hydrogen) atoms. The van der Waals surface area contributed by atoms with Gasteiger partial charge in [-0.25, -0.2) is 0 Å². The molecule has 112 valence electrons. The Morgan fingerprint density at radius 2 is 1.11 bits per heavy atom. The SMILES string of the molecule is FOC1CCC(C2CCC(OC(F)(F)F)CC2)CC1. The van der Waals surface area contributed by atoms with Crippen LogP contribution in [0.3, 0.4) is 0 Å². The molecule has 0 N–H and O–H groups in total. The van der Waals surface area contributed by atoms with Crippen LogP contribution < -0.4 is 0 Å². The highest BCUT2D eigenvalue weighted by molar-refractivity contribution is 4.82. The molecule has 2 saturated carbocycles. The molecule has 0 aliphatic heterocycles. The highest BCUT2D eigenvalue weighted by atomic mass is 19.4. The Morgan fingerprint density at radius 1 is 0.684 bits per heavy atom. The second-order valence-electron chi connectivity index (χ2n) is 5.73. The van der Waals surface area contributed by atoms with Crippen molar-refractivity contribution in [2.45, 2.75) is 69.9 Å². The maximum Gasteiger partial charge on any atom is 0.522 e. The summed E-state index contributed by atoms with van der Waals surface area (Å²) in [6, 6.07) is 0. The highest BCUT2D eigenvalue weighted by Gasteiger charge is 2.37. The normalized spacial score (nSPS) is 37.3. The van der Waals surface area contributed by atoms with Crippen LogP contribution in [0.2, 0.25) is 0 Å². The summed E-state index contributed by atoms with van der Waals surface area (Å²) in [7, 11) is 0. The van der Waals surface area contributed by atoms with Crippen molar-refractivity contribution in [3.05, 3.63) is 0 Å². The van der Waals surface area contributed by atoms with Crippen molar-refractivity contribution in [2.24, 2.45) is 11.8 Å². The number of hydrogen-bond acceptors (Lipinski definition) is 2. The lowest BCUT2D eigenvalue weighted by atomic mass is 9.72. The predicted octanol–water partition coefficient (Wildman–Crippen LogP) is 4.54. The van der Waals surface area contributed by atoms with E-state index in [-0.39, 0.29) is 6.10 Å². The summed E-state index contributed by atoms with van der Waals surface area (Å²) in [5.74, 6) is 0.979. The van der Waals surface area contributed by atoms with Gasteiger partial charge < -0.3 is 0 Å². The molecule has 0 atom stereocenters. The topological polar surface area (TPSA) is 18.5 Å². The molecular formula is C13H20F4O2. The van der Waals surface area contributed by atoms with Crippen LogP contribution in [0.15, 0.2) is 0 Å². The third kappa shape index (κ3) is 4.60. The van der Waals surface area contributed by atoms with Crippen molar-refractivity contribution in [2.75, 3.05) is 0 Å². The molecule has 0 aromatic carbocycles. The van der Waals surface area contributed by atoms with Crippen molar-refractivity contribution in [3.8, 4) is 0 Å². The lowest BCUT2D eigenvalue weighted by molar-refractivity contribution is -0.346. The van der Waals surface area contributed by atoms with Crippen LogP contribution in [-0.2, 0) is 9.68 Å². The third-order valence-corrected chi connectivity index (χ3v) is 4.53. The fraction of sp³-hybridized carbons (Fsp3) is 1.00. The molecule has 2 rings (SSSR count). The Bertz CT molecular complexity index is 266. The summed E-state index contributed by atoms with van der Waals surface area (Å²) in [4.78, 5) is 3.85. The molecule has 2 aliphatic carbocycles. The van der Waals surface area contributed by atoms with E-state index in [0.717, 1.165) is 38.5 Å². The summed E-state index contributed by atoms with van der Waals surface area (Å²) < 4.78 is 52.4. The average molecular weight is 284 g/mol. The quantitative estimate of drug-likeness (QED) is 0.708. The van der Waals surface area contributed by atoms with Crippen LogP contribution in [0.5, 0.6) is 0 Å². The lowest BCUT2D eigenvalue weighted by Gasteiger charge is -2.36. The summed E-state index contributed by atoms with van der Waals surface area (Å²) in [5, 5.41) is 0. The van der Waals surface area contributed by atoms with Crippen LogP contribution in [0.4, 0.5) is 17.7 Å².